The molecule has 156 valence electrons. The number of hydrogen-bond acceptors (Lipinski definition) is 5. The number of nitrogens with zero attached hydrogens (tertiary/aromatic N) is 6. The fraction of sp³-hybridized carbons (Fsp3) is 0.190. The molecule has 1 aliphatic heterocycles. The molecule has 0 fully saturated rings. The van der Waals surface area contributed by atoms with Crippen LogP contribution in [-0.4, -0.2) is 49.3 Å². The summed E-state index contributed by atoms with van der Waals surface area (Å²) in [6.07, 6.45) is 2.02. The summed E-state index contributed by atoms with van der Waals surface area (Å²) in [6.45, 7) is 0.486. The highest BCUT2D eigenvalue weighted by atomic mass is 19.1. The Morgan fingerprint density at radius 1 is 1.16 bits per heavy atom. The summed E-state index contributed by atoms with van der Waals surface area (Å²) in [6, 6.07) is 12.4. The molecule has 1 aromatic carbocycles. The number of rotatable bonds is 3. The molecule has 1 aliphatic rings. The fourth-order valence-electron chi connectivity index (χ4n) is 3.74. The minimum absolute atomic E-state index is 0.0961. The number of halogens is 1. The second-order valence-electron chi connectivity index (χ2n) is 7.22. The first-order valence-electron chi connectivity index (χ1n) is 9.74. The molecular formula is C21H18FN7O2. The second kappa shape index (κ2) is 7.31. The molecule has 1 atom stereocenters. The number of carbonyl (C=O) groups is 2. The van der Waals surface area contributed by atoms with Crippen molar-refractivity contribution in [2.24, 2.45) is 0 Å². The fourth-order valence-corrected chi connectivity index (χ4v) is 3.74. The first-order chi connectivity index (χ1) is 15.0. The van der Waals surface area contributed by atoms with E-state index >= 15 is 0 Å². The zero-order chi connectivity index (χ0) is 21.5. The second-order valence-corrected chi connectivity index (χ2v) is 7.22. The Hall–Kier alpha value is -4.08. The highest BCUT2D eigenvalue weighted by Crippen LogP contribution is 2.23. The van der Waals surface area contributed by atoms with Crippen molar-refractivity contribution in [3.8, 4) is 11.3 Å². The molecule has 2 amide bonds. The molecule has 1 N–H and O–H groups in total. The standard InChI is InChI=1S/C21H18FN7O2/c1-27-18-9-11-23-28(18)12-10-15(21(27)31)24-20(30)19-25-17-8-4-7-16(29(17)26-19)13-5-2-3-6-14(13)22/h2-9,11,15H,10,12H2,1H3,(H,24,30)/t15-/m0/s1. The van der Waals surface area contributed by atoms with E-state index in [4.69, 9.17) is 0 Å². The summed E-state index contributed by atoms with van der Waals surface area (Å²) in [5.74, 6) is -0.651. The van der Waals surface area contributed by atoms with Gasteiger partial charge in [-0.05, 0) is 30.7 Å². The molecule has 0 saturated carbocycles. The van der Waals surface area contributed by atoms with E-state index in [1.807, 2.05) is 0 Å². The van der Waals surface area contributed by atoms with Crippen molar-refractivity contribution in [2.75, 3.05) is 11.9 Å². The van der Waals surface area contributed by atoms with Gasteiger partial charge in [-0.25, -0.2) is 18.6 Å². The van der Waals surface area contributed by atoms with Gasteiger partial charge < -0.3 is 5.32 Å². The smallest absolute Gasteiger partial charge is 0.291 e. The van der Waals surface area contributed by atoms with Gasteiger partial charge in [-0.3, -0.25) is 14.5 Å². The van der Waals surface area contributed by atoms with Crippen LogP contribution in [0, 0.1) is 5.82 Å². The van der Waals surface area contributed by atoms with E-state index in [2.05, 4.69) is 20.5 Å². The molecule has 9 nitrogen and oxygen atoms in total. The van der Waals surface area contributed by atoms with Crippen molar-refractivity contribution >= 4 is 23.3 Å². The van der Waals surface area contributed by atoms with Crippen LogP contribution < -0.4 is 10.2 Å². The number of aryl methyl sites for hydroxylation is 1. The highest BCUT2D eigenvalue weighted by molar-refractivity contribution is 6.01. The van der Waals surface area contributed by atoms with Crippen LogP contribution in [0.15, 0.2) is 54.7 Å². The lowest BCUT2D eigenvalue weighted by molar-refractivity contribution is -0.120. The van der Waals surface area contributed by atoms with Crippen molar-refractivity contribution in [3.05, 3.63) is 66.4 Å². The Kier molecular flexibility index (Phi) is 4.46. The van der Waals surface area contributed by atoms with Gasteiger partial charge in [-0.2, -0.15) is 5.10 Å². The van der Waals surface area contributed by atoms with E-state index in [1.54, 1.807) is 60.4 Å². The van der Waals surface area contributed by atoms with Crippen LogP contribution in [-0.2, 0) is 11.3 Å². The number of likely N-dealkylation sites (N-methyl/N-ethyl adjacent to an activating group) is 1. The molecule has 4 aromatic rings. The number of hydrogen-bond donors (Lipinski definition) is 1. The molecule has 31 heavy (non-hydrogen) atoms. The minimum atomic E-state index is -0.739. The van der Waals surface area contributed by atoms with E-state index in [9.17, 15) is 14.0 Å². The topological polar surface area (TPSA) is 97.4 Å². The third-order valence-corrected chi connectivity index (χ3v) is 5.31. The third-order valence-electron chi connectivity index (χ3n) is 5.31. The van der Waals surface area contributed by atoms with Gasteiger partial charge in [0.2, 0.25) is 5.82 Å². The third kappa shape index (κ3) is 3.21. The quantitative estimate of drug-likeness (QED) is 0.547. The normalized spacial score (nSPS) is 16.3. The van der Waals surface area contributed by atoms with Crippen molar-refractivity contribution in [2.45, 2.75) is 19.0 Å². The van der Waals surface area contributed by atoms with Crippen molar-refractivity contribution < 1.29 is 14.0 Å². The SMILES string of the molecule is CN1C(=O)[C@@H](NC(=O)c2nc3cccc(-c4ccccc4F)n3n2)CCn2nccc21. The van der Waals surface area contributed by atoms with Crippen LogP contribution in [0.1, 0.15) is 17.0 Å². The number of benzene rings is 1. The van der Waals surface area contributed by atoms with Gasteiger partial charge in [-0.1, -0.05) is 18.2 Å². The van der Waals surface area contributed by atoms with Gasteiger partial charge in [0.25, 0.3) is 11.8 Å². The zero-order valence-electron chi connectivity index (χ0n) is 16.6. The van der Waals surface area contributed by atoms with Crippen LogP contribution in [0.3, 0.4) is 0 Å². The van der Waals surface area contributed by atoms with Crippen molar-refractivity contribution in [1.82, 2.24) is 29.7 Å². The predicted octanol–water partition coefficient (Wildman–Crippen LogP) is 1.90. The lowest BCUT2D eigenvalue weighted by Gasteiger charge is -2.19. The molecular weight excluding hydrogens is 401 g/mol. The summed E-state index contributed by atoms with van der Waals surface area (Å²) < 4.78 is 17.4. The first kappa shape index (κ1) is 18.9. The van der Waals surface area contributed by atoms with E-state index in [0.29, 0.717) is 35.7 Å². The van der Waals surface area contributed by atoms with Gasteiger partial charge in [0.15, 0.2) is 5.65 Å². The molecule has 0 unspecified atom stereocenters. The summed E-state index contributed by atoms with van der Waals surface area (Å²) in [7, 11) is 1.64. The number of anilines is 1. The Morgan fingerprint density at radius 3 is 2.84 bits per heavy atom. The molecule has 3 aromatic heterocycles. The van der Waals surface area contributed by atoms with Crippen LogP contribution in [0.4, 0.5) is 10.2 Å². The largest absolute Gasteiger partial charge is 0.337 e. The molecule has 0 radical (unpaired) electrons. The van der Waals surface area contributed by atoms with Crippen LogP contribution >= 0.6 is 0 Å². The molecule has 0 aliphatic carbocycles. The van der Waals surface area contributed by atoms with Gasteiger partial charge >= 0.3 is 0 Å². The maximum atomic E-state index is 14.3. The van der Waals surface area contributed by atoms with E-state index in [1.165, 1.54) is 15.5 Å². The van der Waals surface area contributed by atoms with Gasteiger partial charge in [0.05, 0.1) is 11.9 Å². The Morgan fingerprint density at radius 2 is 2.00 bits per heavy atom. The lowest BCUT2D eigenvalue weighted by atomic mass is 10.1. The molecule has 0 saturated heterocycles. The van der Waals surface area contributed by atoms with E-state index < -0.39 is 17.8 Å². The monoisotopic (exact) mass is 419 g/mol. The average Bonchev–Trinajstić information content (AvgIpc) is 3.40. The zero-order valence-corrected chi connectivity index (χ0v) is 16.6. The van der Waals surface area contributed by atoms with Crippen LogP contribution in [0.2, 0.25) is 0 Å². The number of fused-ring (bicyclic) bond motifs is 2. The predicted molar refractivity (Wildman–Crippen MR) is 110 cm³/mol. The first-order valence-corrected chi connectivity index (χ1v) is 9.74. The van der Waals surface area contributed by atoms with Crippen LogP contribution in [0.25, 0.3) is 16.9 Å². The molecule has 5 rings (SSSR count). The number of pyridine rings is 1. The summed E-state index contributed by atoms with van der Waals surface area (Å²) >= 11 is 0. The Balaban J connectivity index is 1.43. The van der Waals surface area contributed by atoms with E-state index in [0.717, 1.165) is 0 Å². The van der Waals surface area contributed by atoms with Crippen molar-refractivity contribution in [3.63, 3.8) is 0 Å². The van der Waals surface area contributed by atoms with Crippen molar-refractivity contribution in [1.29, 1.82) is 0 Å². The van der Waals surface area contributed by atoms with E-state index in [-0.39, 0.29) is 11.7 Å². The van der Waals surface area contributed by atoms with Gasteiger partial charge in [-0.15, -0.1) is 5.10 Å². The number of aromatic nitrogens is 5. The molecule has 0 bridgehead atoms. The molecule has 4 heterocycles. The maximum Gasteiger partial charge on any atom is 0.291 e. The van der Waals surface area contributed by atoms with Gasteiger partial charge in [0, 0.05) is 25.2 Å². The average molecular weight is 419 g/mol. The van der Waals surface area contributed by atoms with Gasteiger partial charge in [0.1, 0.15) is 17.7 Å². The van der Waals surface area contributed by atoms with Crippen LogP contribution in [0.5, 0.6) is 0 Å². The summed E-state index contributed by atoms with van der Waals surface area (Å²) in [5.41, 5.74) is 1.22. The number of nitrogens with one attached hydrogen (secondary N) is 1. The Labute approximate surface area is 176 Å². The lowest BCUT2D eigenvalue weighted by Crippen LogP contribution is -2.47. The summed E-state index contributed by atoms with van der Waals surface area (Å²) in [4.78, 5) is 31.4. The molecule has 10 heteroatoms. The Bertz CT molecular complexity index is 1310. The maximum absolute atomic E-state index is 14.3. The number of carbonyl (C=O) groups excluding carboxylic acids is 2. The molecule has 0 spiro atoms. The summed E-state index contributed by atoms with van der Waals surface area (Å²) in [5, 5.41) is 11.2. The minimum Gasteiger partial charge on any atom is -0.337 e. The highest BCUT2D eigenvalue weighted by Gasteiger charge is 2.31. The number of amides is 2.